The van der Waals surface area contributed by atoms with E-state index < -0.39 is 0 Å². The lowest BCUT2D eigenvalue weighted by Gasteiger charge is -2.24. The number of carbonyl (C=O) groups is 1. The molecule has 2 heterocycles. The monoisotopic (exact) mass is 369 g/mol. The number of amides is 1. The zero-order valence-electron chi connectivity index (χ0n) is 16.3. The fourth-order valence-electron chi connectivity index (χ4n) is 4.94. The van der Waals surface area contributed by atoms with Gasteiger partial charge in [-0.15, -0.1) is 0 Å². The zero-order chi connectivity index (χ0) is 19.2. The van der Waals surface area contributed by atoms with Crippen LogP contribution in [-0.4, -0.2) is 41.0 Å². The first-order valence-corrected chi connectivity index (χ1v) is 9.86. The second kappa shape index (κ2) is 6.86. The van der Waals surface area contributed by atoms with Gasteiger partial charge < -0.3 is 5.32 Å². The molecular weight excluding hydrogens is 341 g/mol. The Kier molecular flexibility index (Phi) is 4.66. The molecule has 1 aliphatic carbocycles. The Bertz CT molecular complexity index is 846. The maximum Gasteiger partial charge on any atom is 0.234 e. The number of hydrogen-bond donors (Lipinski definition) is 1. The maximum atomic E-state index is 13.8. The van der Waals surface area contributed by atoms with E-state index in [4.69, 9.17) is 0 Å². The molecule has 4 nitrogen and oxygen atoms in total. The number of hydrogen-bond acceptors (Lipinski definition) is 3. The first-order chi connectivity index (χ1) is 12.8. The Balaban J connectivity index is 1.42. The molecule has 4 rings (SSSR count). The fourth-order valence-corrected chi connectivity index (χ4v) is 4.94. The van der Waals surface area contributed by atoms with E-state index in [0.29, 0.717) is 24.3 Å². The van der Waals surface area contributed by atoms with E-state index in [-0.39, 0.29) is 17.3 Å². The van der Waals surface area contributed by atoms with Gasteiger partial charge in [-0.2, -0.15) is 0 Å². The SMILES string of the molecule is CC(C)(C)NC(=O)CN1C[C@H]2CC(c3ccnc4ccc(F)cc34)C[C@H]2C1. The van der Waals surface area contributed by atoms with Gasteiger partial charge in [0.15, 0.2) is 0 Å². The van der Waals surface area contributed by atoms with E-state index in [9.17, 15) is 9.18 Å². The minimum absolute atomic E-state index is 0.106. The third-order valence-corrected chi connectivity index (χ3v) is 5.89. The van der Waals surface area contributed by atoms with Crippen LogP contribution in [0.3, 0.4) is 0 Å². The van der Waals surface area contributed by atoms with E-state index in [1.54, 1.807) is 12.1 Å². The Morgan fingerprint density at radius 2 is 1.93 bits per heavy atom. The van der Waals surface area contributed by atoms with E-state index in [1.807, 2.05) is 27.0 Å². The molecule has 1 aromatic carbocycles. The molecule has 1 aromatic heterocycles. The van der Waals surface area contributed by atoms with Crippen molar-refractivity contribution in [2.24, 2.45) is 11.8 Å². The molecule has 0 bridgehead atoms. The van der Waals surface area contributed by atoms with Gasteiger partial charge in [0, 0.05) is 30.2 Å². The third-order valence-electron chi connectivity index (χ3n) is 5.89. The summed E-state index contributed by atoms with van der Waals surface area (Å²) in [7, 11) is 0. The molecule has 1 unspecified atom stereocenters. The minimum Gasteiger partial charge on any atom is -0.350 e. The second-order valence-corrected chi connectivity index (χ2v) is 9.24. The van der Waals surface area contributed by atoms with Crippen LogP contribution in [0.2, 0.25) is 0 Å². The summed E-state index contributed by atoms with van der Waals surface area (Å²) in [5, 5.41) is 4.00. The molecule has 0 radical (unpaired) electrons. The minimum atomic E-state index is -0.203. The number of fused-ring (bicyclic) bond motifs is 2. The highest BCUT2D eigenvalue weighted by Crippen LogP contribution is 2.47. The van der Waals surface area contributed by atoms with Gasteiger partial charge in [-0.05, 0) is 81.2 Å². The first kappa shape index (κ1) is 18.4. The smallest absolute Gasteiger partial charge is 0.234 e. The molecule has 1 saturated carbocycles. The molecule has 0 spiro atoms. The molecular formula is C22H28FN3O. The molecule has 144 valence electrons. The predicted molar refractivity (Wildman–Crippen MR) is 105 cm³/mol. The molecule has 27 heavy (non-hydrogen) atoms. The Morgan fingerprint density at radius 3 is 2.59 bits per heavy atom. The molecule has 1 amide bonds. The first-order valence-electron chi connectivity index (χ1n) is 9.86. The van der Waals surface area contributed by atoms with Crippen LogP contribution in [0.5, 0.6) is 0 Å². The highest BCUT2D eigenvalue weighted by Gasteiger charge is 2.42. The summed E-state index contributed by atoms with van der Waals surface area (Å²) in [5.41, 5.74) is 1.91. The molecule has 5 heteroatoms. The Hall–Kier alpha value is -2.01. The number of halogens is 1. The van der Waals surface area contributed by atoms with Crippen LogP contribution in [-0.2, 0) is 4.79 Å². The fraction of sp³-hybridized carbons (Fsp3) is 0.545. The molecule has 3 atom stereocenters. The van der Waals surface area contributed by atoms with Gasteiger partial charge in [-0.25, -0.2) is 4.39 Å². The van der Waals surface area contributed by atoms with Crippen molar-refractivity contribution in [1.82, 2.24) is 15.2 Å². The van der Waals surface area contributed by atoms with Crippen LogP contribution in [0.4, 0.5) is 4.39 Å². The molecule has 1 saturated heterocycles. The van der Waals surface area contributed by atoms with Gasteiger partial charge in [0.1, 0.15) is 5.82 Å². The quantitative estimate of drug-likeness (QED) is 0.897. The van der Waals surface area contributed by atoms with Gasteiger partial charge in [-0.3, -0.25) is 14.7 Å². The average molecular weight is 369 g/mol. The van der Waals surface area contributed by atoms with Crippen molar-refractivity contribution >= 4 is 16.8 Å². The summed E-state index contributed by atoms with van der Waals surface area (Å²) in [6.45, 7) is 8.48. The number of likely N-dealkylation sites (tertiary alicyclic amines) is 1. The summed E-state index contributed by atoms with van der Waals surface area (Å²) >= 11 is 0. The molecule has 1 aliphatic heterocycles. The molecule has 2 aliphatic rings. The van der Waals surface area contributed by atoms with Crippen molar-refractivity contribution in [2.45, 2.75) is 45.1 Å². The van der Waals surface area contributed by atoms with Gasteiger partial charge in [0.05, 0.1) is 12.1 Å². The van der Waals surface area contributed by atoms with Crippen LogP contribution in [0.1, 0.15) is 45.1 Å². The molecule has 2 aromatic rings. The van der Waals surface area contributed by atoms with E-state index >= 15 is 0 Å². The van der Waals surface area contributed by atoms with E-state index in [1.165, 1.54) is 11.6 Å². The third kappa shape index (κ3) is 3.98. The highest BCUT2D eigenvalue weighted by atomic mass is 19.1. The largest absolute Gasteiger partial charge is 0.350 e. The van der Waals surface area contributed by atoms with Crippen molar-refractivity contribution < 1.29 is 9.18 Å². The standard InChI is InChI=1S/C22H28FN3O/c1-22(2,3)25-21(27)13-26-11-15-8-14(9-16(15)12-26)18-6-7-24-20-5-4-17(23)10-19(18)20/h4-7,10,14-16H,8-9,11-13H2,1-3H3,(H,25,27)/t14?,15-,16+. The van der Waals surface area contributed by atoms with Crippen LogP contribution in [0, 0.1) is 17.7 Å². The van der Waals surface area contributed by atoms with Gasteiger partial charge in [0.2, 0.25) is 5.91 Å². The summed E-state index contributed by atoms with van der Waals surface area (Å²) in [6.07, 6.45) is 4.06. The Morgan fingerprint density at radius 1 is 1.22 bits per heavy atom. The number of carbonyl (C=O) groups excluding carboxylic acids is 1. The normalized spacial score (nSPS) is 25.7. The lowest BCUT2D eigenvalue weighted by atomic mass is 9.93. The van der Waals surface area contributed by atoms with Gasteiger partial charge in [0.25, 0.3) is 0 Å². The van der Waals surface area contributed by atoms with Crippen molar-refractivity contribution in [3.8, 4) is 0 Å². The Labute approximate surface area is 160 Å². The van der Waals surface area contributed by atoms with Crippen molar-refractivity contribution in [3.05, 3.63) is 41.8 Å². The summed E-state index contributed by atoms with van der Waals surface area (Å²) in [5.74, 6) is 1.60. The van der Waals surface area contributed by atoms with Crippen LogP contribution >= 0.6 is 0 Å². The van der Waals surface area contributed by atoms with Crippen LogP contribution < -0.4 is 5.32 Å². The maximum absolute atomic E-state index is 13.8. The van der Waals surface area contributed by atoms with E-state index in [0.717, 1.165) is 36.8 Å². The number of benzene rings is 1. The number of pyridine rings is 1. The van der Waals surface area contributed by atoms with Crippen molar-refractivity contribution in [2.75, 3.05) is 19.6 Å². The predicted octanol–water partition coefficient (Wildman–Crippen LogP) is 3.71. The van der Waals surface area contributed by atoms with Crippen LogP contribution in [0.15, 0.2) is 30.5 Å². The van der Waals surface area contributed by atoms with Crippen molar-refractivity contribution in [3.63, 3.8) is 0 Å². The average Bonchev–Trinajstić information content (AvgIpc) is 3.10. The van der Waals surface area contributed by atoms with Gasteiger partial charge >= 0.3 is 0 Å². The van der Waals surface area contributed by atoms with Crippen molar-refractivity contribution in [1.29, 1.82) is 0 Å². The number of nitrogens with one attached hydrogen (secondary N) is 1. The topological polar surface area (TPSA) is 45.2 Å². The molecule has 2 fully saturated rings. The zero-order valence-corrected chi connectivity index (χ0v) is 16.3. The summed E-state index contributed by atoms with van der Waals surface area (Å²) in [6, 6.07) is 6.92. The highest BCUT2D eigenvalue weighted by molar-refractivity contribution is 5.82. The van der Waals surface area contributed by atoms with E-state index in [2.05, 4.69) is 21.3 Å². The lowest BCUT2D eigenvalue weighted by Crippen LogP contribution is -2.45. The molecule has 1 N–H and O–H groups in total. The number of rotatable bonds is 3. The number of nitrogens with zero attached hydrogens (tertiary/aromatic N) is 2. The summed E-state index contributed by atoms with van der Waals surface area (Å²) < 4.78 is 13.8. The lowest BCUT2D eigenvalue weighted by molar-refractivity contribution is -0.123. The van der Waals surface area contributed by atoms with Gasteiger partial charge in [-0.1, -0.05) is 0 Å². The van der Waals surface area contributed by atoms with Crippen LogP contribution in [0.25, 0.3) is 10.9 Å². The number of aromatic nitrogens is 1. The summed E-state index contributed by atoms with van der Waals surface area (Å²) in [4.78, 5) is 18.9. The second-order valence-electron chi connectivity index (χ2n) is 9.24.